The number of aliphatic hydroxyl groups is 2. The van der Waals surface area contributed by atoms with E-state index < -0.39 is 0 Å². The van der Waals surface area contributed by atoms with Gasteiger partial charge in [-0.1, -0.05) is 13.3 Å². The van der Waals surface area contributed by atoms with E-state index >= 15 is 0 Å². The lowest BCUT2D eigenvalue weighted by molar-refractivity contribution is 0.287. The summed E-state index contributed by atoms with van der Waals surface area (Å²) in [7, 11) is 0. The van der Waals surface area contributed by atoms with Crippen molar-refractivity contribution in [3.63, 3.8) is 0 Å². The van der Waals surface area contributed by atoms with Crippen molar-refractivity contribution in [2.24, 2.45) is 0 Å². The largest absolute Gasteiger partial charge is 0.412 e. The second kappa shape index (κ2) is 24.8. The van der Waals surface area contributed by atoms with Gasteiger partial charge in [-0.15, -0.1) is 0 Å². The van der Waals surface area contributed by atoms with Gasteiger partial charge in [0.25, 0.3) is 0 Å². The maximum absolute atomic E-state index is 8.07. The zero-order valence-corrected chi connectivity index (χ0v) is 6.22. The van der Waals surface area contributed by atoms with E-state index in [0.717, 1.165) is 12.8 Å². The van der Waals surface area contributed by atoms with E-state index in [2.05, 4.69) is 6.92 Å². The summed E-state index contributed by atoms with van der Waals surface area (Å²) in [4.78, 5) is 0. The van der Waals surface area contributed by atoms with E-state index in [4.69, 9.17) is 10.2 Å². The Kier molecular flexibility index (Phi) is 43.9. The topological polar surface area (TPSA) is 72.0 Å². The van der Waals surface area contributed by atoms with Crippen LogP contribution in [0.3, 0.4) is 0 Å². The molecule has 0 fully saturated rings. The van der Waals surface area contributed by atoms with E-state index in [0.29, 0.717) is 6.61 Å². The number of unbranched alkanes of at least 4 members (excludes halogenated alkanes) is 1. The molecule has 3 nitrogen and oxygen atoms in total. The minimum atomic E-state index is 0. The molecule has 9 heavy (non-hydrogen) atoms. The molecule has 0 aliphatic heterocycles. The molecule has 0 radical (unpaired) electrons. The van der Waals surface area contributed by atoms with Crippen molar-refractivity contribution in [3.8, 4) is 0 Å². The Balaban J connectivity index is -0.0000000800. The first-order valence-electron chi connectivity index (χ1n) is 3.05. The van der Waals surface area contributed by atoms with E-state index in [1.54, 1.807) is 6.92 Å². The molecular weight excluding hydrogens is 120 g/mol. The summed E-state index contributed by atoms with van der Waals surface area (Å²) in [6.45, 7) is 4.33. The van der Waals surface area contributed by atoms with Crippen LogP contribution in [0.2, 0.25) is 0 Å². The lowest BCUT2D eigenvalue weighted by atomic mass is 10.4. The highest BCUT2D eigenvalue weighted by atomic mass is 16.3. The molecular formula is C6H18O3. The standard InChI is InChI=1S/C4H10O.C2H6O.H2O/c1-2-3-4-5;1-2-3;/h5H,2-4H2,1H3;3H,2H2,1H3;1H2. The molecule has 60 valence electrons. The smallest absolute Gasteiger partial charge is 0.0430 e. The average molecular weight is 138 g/mol. The maximum Gasteiger partial charge on any atom is 0.0430 e. The van der Waals surface area contributed by atoms with Crippen LogP contribution in [0, 0.1) is 0 Å². The third-order valence-corrected chi connectivity index (χ3v) is 0.512. The maximum atomic E-state index is 8.07. The van der Waals surface area contributed by atoms with Crippen LogP contribution in [0.25, 0.3) is 0 Å². The Morgan fingerprint density at radius 3 is 1.44 bits per heavy atom. The van der Waals surface area contributed by atoms with Crippen LogP contribution >= 0.6 is 0 Å². The Morgan fingerprint density at radius 2 is 1.44 bits per heavy atom. The molecule has 0 saturated carbocycles. The van der Waals surface area contributed by atoms with Gasteiger partial charge in [-0.3, -0.25) is 0 Å². The fourth-order valence-electron chi connectivity index (χ4n) is 0.158. The third kappa shape index (κ3) is 77.1. The lowest BCUT2D eigenvalue weighted by Crippen LogP contribution is -1.75. The van der Waals surface area contributed by atoms with E-state index in [1.165, 1.54) is 0 Å². The first-order chi connectivity index (χ1) is 3.83. The van der Waals surface area contributed by atoms with E-state index in [9.17, 15) is 0 Å². The molecule has 0 rings (SSSR count). The van der Waals surface area contributed by atoms with Crippen molar-refractivity contribution < 1.29 is 15.7 Å². The predicted octanol–water partition coefficient (Wildman–Crippen LogP) is -0.0473. The summed E-state index contributed by atoms with van der Waals surface area (Å²) in [5.74, 6) is 0. The van der Waals surface area contributed by atoms with E-state index in [-0.39, 0.29) is 12.1 Å². The molecule has 3 heteroatoms. The third-order valence-electron chi connectivity index (χ3n) is 0.512. The van der Waals surface area contributed by atoms with Gasteiger partial charge in [-0.05, 0) is 13.3 Å². The highest BCUT2D eigenvalue weighted by molar-refractivity contribution is 4.23. The zero-order chi connectivity index (χ0) is 6.83. The zero-order valence-electron chi connectivity index (χ0n) is 6.22. The van der Waals surface area contributed by atoms with Gasteiger partial charge in [-0.25, -0.2) is 0 Å². The van der Waals surface area contributed by atoms with Gasteiger partial charge in [0.15, 0.2) is 0 Å². The second-order valence-electron chi connectivity index (χ2n) is 1.39. The van der Waals surface area contributed by atoms with E-state index in [1.807, 2.05) is 0 Å². The minimum absolute atomic E-state index is 0. The molecule has 0 unspecified atom stereocenters. The van der Waals surface area contributed by atoms with Crippen LogP contribution in [0.4, 0.5) is 0 Å². The number of rotatable bonds is 2. The molecule has 0 aromatic rings. The van der Waals surface area contributed by atoms with Crippen LogP contribution in [0.1, 0.15) is 26.7 Å². The Morgan fingerprint density at radius 1 is 1.11 bits per heavy atom. The SMILES string of the molecule is CCCCO.CCO.O. The fourth-order valence-corrected chi connectivity index (χ4v) is 0.158. The van der Waals surface area contributed by atoms with Crippen LogP contribution in [0.15, 0.2) is 0 Å². The highest BCUT2D eigenvalue weighted by Crippen LogP contribution is 1.78. The number of aliphatic hydroxyl groups excluding tert-OH is 2. The van der Waals surface area contributed by atoms with Crippen molar-refractivity contribution >= 4 is 0 Å². The van der Waals surface area contributed by atoms with Crippen LogP contribution in [0.5, 0.6) is 0 Å². The molecule has 0 aliphatic carbocycles. The summed E-state index contributed by atoms with van der Waals surface area (Å²) >= 11 is 0. The van der Waals surface area contributed by atoms with Gasteiger partial charge in [0.05, 0.1) is 0 Å². The molecule has 4 N–H and O–H groups in total. The fraction of sp³-hybridized carbons (Fsp3) is 1.00. The first kappa shape index (κ1) is 15.9. The van der Waals surface area contributed by atoms with Crippen molar-refractivity contribution in [3.05, 3.63) is 0 Å². The van der Waals surface area contributed by atoms with Gasteiger partial charge in [0.1, 0.15) is 0 Å². The van der Waals surface area contributed by atoms with Gasteiger partial charge in [-0.2, -0.15) is 0 Å². The summed E-state index contributed by atoms with van der Waals surface area (Å²) in [6, 6.07) is 0. The Bertz CT molecular complexity index is 22.3. The van der Waals surface area contributed by atoms with Crippen LogP contribution < -0.4 is 0 Å². The first-order valence-corrected chi connectivity index (χ1v) is 3.05. The number of hydrogen-bond acceptors (Lipinski definition) is 2. The monoisotopic (exact) mass is 138 g/mol. The highest BCUT2D eigenvalue weighted by Gasteiger charge is 1.69. The molecule has 0 aromatic heterocycles. The Labute approximate surface area is 56.6 Å². The van der Waals surface area contributed by atoms with Crippen molar-refractivity contribution in [2.75, 3.05) is 13.2 Å². The molecule has 0 aliphatic rings. The average Bonchev–Trinajstić information content (AvgIpc) is 1.71. The minimum Gasteiger partial charge on any atom is -0.412 e. The van der Waals surface area contributed by atoms with Crippen molar-refractivity contribution in [1.29, 1.82) is 0 Å². The predicted molar refractivity (Wildman–Crippen MR) is 38.4 cm³/mol. The summed E-state index contributed by atoms with van der Waals surface area (Å²) < 4.78 is 0. The van der Waals surface area contributed by atoms with Crippen molar-refractivity contribution in [1.82, 2.24) is 0 Å². The van der Waals surface area contributed by atoms with Gasteiger partial charge in [0, 0.05) is 13.2 Å². The molecule has 0 amide bonds. The summed E-state index contributed by atoms with van der Waals surface area (Å²) in [5, 5.41) is 15.6. The summed E-state index contributed by atoms with van der Waals surface area (Å²) in [6.07, 6.45) is 2.04. The van der Waals surface area contributed by atoms with Crippen LogP contribution in [-0.4, -0.2) is 28.9 Å². The molecule has 0 spiro atoms. The molecule has 0 saturated heterocycles. The second-order valence-corrected chi connectivity index (χ2v) is 1.39. The molecule has 0 atom stereocenters. The van der Waals surface area contributed by atoms with Gasteiger partial charge < -0.3 is 15.7 Å². The lowest BCUT2D eigenvalue weighted by Gasteiger charge is -1.79. The molecule has 0 bridgehead atoms. The van der Waals surface area contributed by atoms with Gasteiger partial charge >= 0.3 is 0 Å². The van der Waals surface area contributed by atoms with Gasteiger partial charge in [0.2, 0.25) is 0 Å². The van der Waals surface area contributed by atoms with Crippen LogP contribution in [-0.2, 0) is 0 Å². The molecule has 0 heterocycles. The van der Waals surface area contributed by atoms with Crippen molar-refractivity contribution in [2.45, 2.75) is 26.7 Å². The Hall–Kier alpha value is -0.120. The summed E-state index contributed by atoms with van der Waals surface area (Å²) in [5.41, 5.74) is 0. The quantitative estimate of drug-likeness (QED) is 0.561. The normalized spacial score (nSPS) is 6.67. The molecule has 0 aromatic carbocycles. The number of hydrogen-bond donors (Lipinski definition) is 2.